The van der Waals surface area contributed by atoms with Gasteiger partial charge in [0, 0.05) is 24.4 Å². The number of fused-ring (bicyclic) bond motifs is 3. The monoisotopic (exact) mass is 452 g/mol. The van der Waals surface area contributed by atoms with Crippen LogP contribution in [0.1, 0.15) is 57.1 Å². The second-order valence-electron chi connectivity index (χ2n) is 8.67. The average Bonchev–Trinajstić information content (AvgIpc) is 3.09. The summed E-state index contributed by atoms with van der Waals surface area (Å²) in [5, 5.41) is 11.9. The minimum atomic E-state index is -1.06. The zero-order chi connectivity index (χ0) is 24.0. The molecular weight excluding hydrogens is 420 g/mol. The van der Waals surface area contributed by atoms with Crippen LogP contribution in [0.15, 0.2) is 48.5 Å². The van der Waals surface area contributed by atoms with Gasteiger partial charge >= 0.3 is 12.1 Å². The number of rotatable bonds is 10. The van der Waals surface area contributed by atoms with E-state index in [9.17, 15) is 14.4 Å². The fourth-order valence-electron chi connectivity index (χ4n) is 4.41. The minimum absolute atomic E-state index is 0.0312. The van der Waals surface area contributed by atoms with E-state index in [1.165, 1.54) is 4.90 Å². The molecule has 7 heteroatoms. The van der Waals surface area contributed by atoms with Crippen molar-refractivity contribution >= 4 is 18.0 Å². The van der Waals surface area contributed by atoms with Crippen molar-refractivity contribution in [3.05, 3.63) is 59.7 Å². The molecule has 0 bridgehead atoms. The number of carboxylic acid groups (broad SMARTS) is 1. The highest BCUT2D eigenvalue weighted by Gasteiger charge is 2.29. The molecule has 2 N–H and O–H groups in total. The molecule has 0 heterocycles. The first kappa shape index (κ1) is 24.3. The fourth-order valence-corrected chi connectivity index (χ4v) is 4.41. The standard InChI is InChI=1S/C26H32N2O5/c1-4-9-18(14-24(29)28(17(2)3)15-25(30)31)27-26(32)33-16-23-21-12-7-5-10-19(21)20-11-6-8-13-22(20)23/h5-8,10-13,17-18,23H,4,9,14-16H2,1-3H3,(H,27,32)(H,30,31). The van der Waals surface area contributed by atoms with Gasteiger partial charge in [-0.1, -0.05) is 61.9 Å². The molecule has 0 aliphatic heterocycles. The third kappa shape index (κ3) is 5.92. The van der Waals surface area contributed by atoms with Crippen LogP contribution in [0.5, 0.6) is 0 Å². The average molecular weight is 453 g/mol. The second kappa shape index (κ2) is 11.0. The van der Waals surface area contributed by atoms with E-state index < -0.39 is 18.1 Å². The molecular formula is C26H32N2O5. The van der Waals surface area contributed by atoms with E-state index in [1.54, 1.807) is 13.8 Å². The van der Waals surface area contributed by atoms with Gasteiger partial charge in [-0.25, -0.2) is 4.79 Å². The van der Waals surface area contributed by atoms with Gasteiger partial charge in [0.25, 0.3) is 0 Å². The Bertz CT molecular complexity index is 958. The van der Waals surface area contributed by atoms with Gasteiger partial charge in [-0.05, 0) is 42.5 Å². The number of hydrogen-bond acceptors (Lipinski definition) is 4. The summed E-state index contributed by atoms with van der Waals surface area (Å²) < 4.78 is 5.60. The third-order valence-electron chi connectivity index (χ3n) is 5.97. The van der Waals surface area contributed by atoms with Crippen molar-refractivity contribution in [1.82, 2.24) is 10.2 Å². The maximum absolute atomic E-state index is 12.7. The number of hydrogen-bond donors (Lipinski definition) is 2. The quantitative estimate of drug-likeness (QED) is 0.557. The maximum Gasteiger partial charge on any atom is 0.407 e. The van der Waals surface area contributed by atoms with E-state index in [0.29, 0.717) is 6.42 Å². The summed E-state index contributed by atoms with van der Waals surface area (Å²) in [4.78, 5) is 37.7. The number of alkyl carbamates (subject to hydrolysis) is 1. The Morgan fingerprint density at radius 3 is 2.12 bits per heavy atom. The zero-order valence-electron chi connectivity index (χ0n) is 19.4. The SMILES string of the molecule is CCCC(CC(=O)N(CC(=O)O)C(C)C)NC(=O)OCC1c2ccccc2-c2ccccc21. The number of aliphatic carboxylic acids is 1. The van der Waals surface area contributed by atoms with Gasteiger partial charge in [-0.3, -0.25) is 9.59 Å². The smallest absolute Gasteiger partial charge is 0.407 e. The summed E-state index contributed by atoms with van der Waals surface area (Å²) in [6.45, 7) is 5.35. The number of nitrogens with zero attached hydrogens (tertiary/aromatic N) is 1. The first-order valence-corrected chi connectivity index (χ1v) is 11.4. The lowest BCUT2D eigenvalue weighted by Gasteiger charge is -2.27. The Kier molecular flexibility index (Phi) is 8.09. The van der Waals surface area contributed by atoms with Crippen molar-refractivity contribution in [2.75, 3.05) is 13.2 Å². The molecule has 1 atom stereocenters. The van der Waals surface area contributed by atoms with Gasteiger partial charge in [0.05, 0.1) is 0 Å². The van der Waals surface area contributed by atoms with Gasteiger partial charge in [-0.2, -0.15) is 0 Å². The van der Waals surface area contributed by atoms with Crippen LogP contribution in [0.2, 0.25) is 0 Å². The highest BCUT2D eigenvalue weighted by atomic mass is 16.5. The van der Waals surface area contributed by atoms with Crippen LogP contribution in [0.4, 0.5) is 4.79 Å². The molecule has 1 unspecified atom stereocenters. The number of benzene rings is 2. The van der Waals surface area contributed by atoms with E-state index in [4.69, 9.17) is 9.84 Å². The summed E-state index contributed by atoms with van der Waals surface area (Å²) in [7, 11) is 0. The zero-order valence-corrected chi connectivity index (χ0v) is 19.4. The van der Waals surface area contributed by atoms with Crippen molar-refractivity contribution in [3.63, 3.8) is 0 Å². The molecule has 2 aromatic carbocycles. The van der Waals surface area contributed by atoms with Crippen LogP contribution in [0.25, 0.3) is 11.1 Å². The number of nitrogens with one attached hydrogen (secondary N) is 1. The lowest BCUT2D eigenvalue weighted by molar-refractivity contribution is -0.146. The van der Waals surface area contributed by atoms with Gasteiger partial charge in [0.1, 0.15) is 13.2 Å². The number of carbonyl (C=O) groups excluding carboxylic acids is 2. The molecule has 0 radical (unpaired) electrons. The van der Waals surface area contributed by atoms with E-state index in [0.717, 1.165) is 28.7 Å². The van der Waals surface area contributed by atoms with Crippen LogP contribution < -0.4 is 5.32 Å². The van der Waals surface area contributed by atoms with Gasteiger partial charge in [-0.15, -0.1) is 0 Å². The topological polar surface area (TPSA) is 95.9 Å². The van der Waals surface area contributed by atoms with Gasteiger partial charge < -0.3 is 20.1 Å². The van der Waals surface area contributed by atoms with Crippen molar-refractivity contribution in [3.8, 4) is 11.1 Å². The Labute approximate surface area is 194 Å². The van der Waals surface area contributed by atoms with Crippen molar-refractivity contribution < 1.29 is 24.2 Å². The fraction of sp³-hybridized carbons (Fsp3) is 0.423. The largest absolute Gasteiger partial charge is 0.480 e. The molecule has 7 nitrogen and oxygen atoms in total. The summed E-state index contributed by atoms with van der Waals surface area (Å²) >= 11 is 0. The number of ether oxygens (including phenoxy) is 1. The predicted molar refractivity (Wildman–Crippen MR) is 126 cm³/mol. The van der Waals surface area contributed by atoms with Crippen LogP contribution in [-0.4, -0.2) is 53.2 Å². The second-order valence-corrected chi connectivity index (χ2v) is 8.67. The highest BCUT2D eigenvalue weighted by Crippen LogP contribution is 2.44. The van der Waals surface area contributed by atoms with Gasteiger partial charge in [0.15, 0.2) is 0 Å². The van der Waals surface area contributed by atoms with Crippen LogP contribution in [0.3, 0.4) is 0 Å². The summed E-state index contributed by atoms with van der Waals surface area (Å²) in [5.74, 6) is -1.40. The predicted octanol–water partition coefficient (Wildman–Crippen LogP) is 4.41. The normalized spacial score (nSPS) is 13.2. The van der Waals surface area contributed by atoms with E-state index in [-0.39, 0.29) is 37.4 Å². The molecule has 2 amide bonds. The van der Waals surface area contributed by atoms with E-state index in [1.807, 2.05) is 31.2 Å². The maximum atomic E-state index is 12.7. The lowest BCUT2D eigenvalue weighted by Crippen LogP contribution is -2.45. The Morgan fingerprint density at radius 2 is 1.61 bits per heavy atom. The van der Waals surface area contributed by atoms with Crippen molar-refractivity contribution in [1.29, 1.82) is 0 Å². The Hall–Kier alpha value is -3.35. The van der Waals surface area contributed by atoms with Crippen LogP contribution >= 0.6 is 0 Å². The Balaban J connectivity index is 1.63. The molecule has 0 saturated carbocycles. The van der Waals surface area contributed by atoms with E-state index in [2.05, 4.69) is 29.6 Å². The molecule has 0 spiro atoms. The molecule has 1 aliphatic carbocycles. The molecule has 33 heavy (non-hydrogen) atoms. The van der Waals surface area contributed by atoms with E-state index >= 15 is 0 Å². The summed E-state index contributed by atoms with van der Waals surface area (Å²) in [6.07, 6.45) is 0.818. The molecule has 3 rings (SSSR count). The number of carbonyl (C=O) groups is 3. The molecule has 1 aliphatic rings. The molecule has 0 saturated heterocycles. The molecule has 0 fully saturated rings. The molecule has 2 aromatic rings. The van der Waals surface area contributed by atoms with Crippen LogP contribution in [0, 0.1) is 0 Å². The third-order valence-corrected chi connectivity index (χ3v) is 5.97. The highest BCUT2D eigenvalue weighted by molar-refractivity contribution is 5.82. The molecule has 0 aromatic heterocycles. The first-order chi connectivity index (χ1) is 15.8. The minimum Gasteiger partial charge on any atom is -0.480 e. The Morgan fingerprint density at radius 1 is 1.03 bits per heavy atom. The summed E-state index contributed by atoms with van der Waals surface area (Å²) in [5.41, 5.74) is 4.58. The lowest BCUT2D eigenvalue weighted by atomic mass is 9.98. The van der Waals surface area contributed by atoms with Gasteiger partial charge in [0.2, 0.25) is 5.91 Å². The van der Waals surface area contributed by atoms with Crippen molar-refractivity contribution in [2.24, 2.45) is 0 Å². The van der Waals surface area contributed by atoms with Crippen LogP contribution in [-0.2, 0) is 14.3 Å². The molecule has 176 valence electrons. The summed E-state index contributed by atoms with van der Waals surface area (Å²) in [6, 6.07) is 15.6. The number of carboxylic acids is 1. The first-order valence-electron chi connectivity index (χ1n) is 11.4. The van der Waals surface area contributed by atoms with Crippen molar-refractivity contribution in [2.45, 2.75) is 58.0 Å². The number of amides is 2.